The molecule has 2 fully saturated rings. The van der Waals surface area contributed by atoms with Crippen LogP contribution in [0.1, 0.15) is 73.3 Å². The topological polar surface area (TPSA) is 59.0 Å². The van der Waals surface area contributed by atoms with Crippen molar-refractivity contribution in [3.05, 3.63) is 29.8 Å². The third-order valence-electron chi connectivity index (χ3n) is 6.86. The molecular weight excluding hydrogens is 353 g/mol. The Bertz CT molecular complexity index is 716. The molecule has 1 saturated carbocycles. The van der Waals surface area contributed by atoms with Crippen molar-refractivity contribution in [2.24, 2.45) is 0 Å². The number of hydrogen-bond donors (Lipinski definition) is 1. The molecule has 1 aliphatic carbocycles. The van der Waals surface area contributed by atoms with Gasteiger partial charge in [-0.3, -0.25) is 0 Å². The molecule has 0 aromatic heterocycles. The van der Waals surface area contributed by atoms with Crippen molar-refractivity contribution >= 4 is 18.7 Å². The summed E-state index contributed by atoms with van der Waals surface area (Å²) in [4.78, 5) is 13.4. The van der Waals surface area contributed by atoms with Crippen molar-refractivity contribution in [2.45, 2.75) is 89.9 Å². The number of carbonyl (C=O) groups is 1. The van der Waals surface area contributed by atoms with Crippen LogP contribution >= 0.6 is 0 Å². The zero-order valence-corrected chi connectivity index (χ0v) is 18.3. The van der Waals surface area contributed by atoms with E-state index in [1.54, 1.807) is 4.90 Å². The lowest BCUT2D eigenvalue weighted by Crippen LogP contribution is -2.54. The molecule has 0 spiro atoms. The third kappa shape index (κ3) is 3.69. The predicted molar refractivity (Wildman–Crippen MR) is 112 cm³/mol. The fourth-order valence-electron chi connectivity index (χ4n) is 4.01. The highest BCUT2D eigenvalue weighted by molar-refractivity contribution is 6.62. The van der Waals surface area contributed by atoms with Crippen molar-refractivity contribution < 1.29 is 19.2 Å². The lowest BCUT2D eigenvalue weighted by Gasteiger charge is -2.48. The quantitative estimate of drug-likeness (QED) is 0.788. The van der Waals surface area contributed by atoms with E-state index in [1.165, 1.54) is 5.56 Å². The summed E-state index contributed by atoms with van der Waals surface area (Å²) in [5.41, 5.74) is 0.967. The Morgan fingerprint density at radius 1 is 1.07 bits per heavy atom. The third-order valence-corrected chi connectivity index (χ3v) is 6.86. The van der Waals surface area contributed by atoms with E-state index in [0.717, 1.165) is 24.7 Å². The highest BCUT2D eigenvalue weighted by atomic mass is 16.7. The summed E-state index contributed by atoms with van der Waals surface area (Å²) in [5, 5.41) is 9.72. The average molecular weight is 387 g/mol. The van der Waals surface area contributed by atoms with E-state index in [4.69, 9.17) is 9.31 Å². The van der Waals surface area contributed by atoms with Gasteiger partial charge in [0.25, 0.3) is 0 Å². The van der Waals surface area contributed by atoms with Crippen molar-refractivity contribution in [3.63, 3.8) is 0 Å². The molecule has 0 unspecified atom stereocenters. The Morgan fingerprint density at radius 3 is 1.93 bits per heavy atom. The van der Waals surface area contributed by atoms with Gasteiger partial charge in [0.2, 0.25) is 0 Å². The van der Waals surface area contributed by atoms with Gasteiger partial charge in [-0.1, -0.05) is 30.7 Å². The zero-order chi connectivity index (χ0) is 21.0. The first-order valence-corrected chi connectivity index (χ1v) is 10.2. The lowest BCUT2D eigenvalue weighted by atomic mass is 9.63. The van der Waals surface area contributed by atoms with Crippen molar-refractivity contribution in [2.75, 3.05) is 6.54 Å². The van der Waals surface area contributed by atoms with Gasteiger partial charge >= 0.3 is 13.2 Å². The Balaban J connectivity index is 1.81. The van der Waals surface area contributed by atoms with E-state index < -0.39 is 11.6 Å². The van der Waals surface area contributed by atoms with E-state index in [1.807, 2.05) is 20.8 Å². The van der Waals surface area contributed by atoms with Gasteiger partial charge in [0.15, 0.2) is 0 Å². The van der Waals surface area contributed by atoms with E-state index >= 15 is 0 Å². The molecule has 0 atom stereocenters. The standard InChI is InChI=1S/C22H34BNO4/c1-19(2,3)24(18(25)26)15-22(13-8-14-22)16-9-11-17(12-10-16)23-27-20(4,5)21(6,7)28-23/h9-12H,8,13-15H2,1-7H3,(H,25,26). The molecule has 1 heterocycles. The summed E-state index contributed by atoms with van der Waals surface area (Å²) in [6.07, 6.45) is 2.31. The highest BCUT2D eigenvalue weighted by Crippen LogP contribution is 2.45. The van der Waals surface area contributed by atoms with Gasteiger partial charge in [0.1, 0.15) is 0 Å². The van der Waals surface area contributed by atoms with E-state index in [9.17, 15) is 9.90 Å². The highest BCUT2D eigenvalue weighted by Gasteiger charge is 2.52. The maximum atomic E-state index is 11.8. The molecule has 1 N–H and O–H groups in total. The fraction of sp³-hybridized carbons (Fsp3) is 0.682. The smallest absolute Gasteiger partial charge is 0.465 e. The van der Waals surface area contributed by atoms with Gasteiger partial charge in [-0.05, 0) is 72.3 Å². The molecule has 0 bridgehead atoms. The van der Waals surface area contributed by atoms with Gasteiger partial charge in [-0.15, -0.1) is 0 Å². The van der Waals surface area contributed by atoms with Crippen molar-refractivity contribution in [1.29, 1.82) is 0 Å². The van der Waals surface area contributed by atoms with E-state index in [-0.39, 0.29) is 23.7 Å². The Hall–Kier alpha value is -1.53. The lowest BCUT2D eigenvalue weighted by molar-refractivity contribution is 0.00578. The molecule has 0 radical (unpaired) electrons. The second-order valence-electron chi connectivity index (χ2n) is 10.4. The summed E-state index contributed by atoms with van der Waals surface area (Å²) in [5.74, 6) is 0. The first-order valence-electron chi connectivity index (χ1n) is 10.2. The first-order chi connectivity index (χ1) is 12.8. The molecule has 1 aromatic rings. The normalized spacial score (nSPS) is 22.6. The Kier molecular flexibility index (Phi) is 5.12. The number of amides is 1. The van der Waals surface area contributed by atoms with Crippen LogP contribution in [-0.4, -0.2) is 46.5 Å². The second-order valence-corrected chi connectivity index (χ2v) is 10.4. The van der Waals surface area contributed by atoms with Crippen LogP contribution in [0.25, 0.3) is 0 Å². The summed E-state index contributed by atoms with van der Waals surface area (Å²) >= 11 is 0. The molecule has 28 heavy (non-hydrogen) atoms. The van der Waals surface area contributed by atoms with Gasteiger partial charge in [-0.2, -0.15) is 0 Å². The number of hydrogen-bond acceptors (Lipinski definition) is 3. The van der Waals surface area contributed by atoms with Crippen LogP contribution < -0.4 is 5.46 Å². The second kappa shape index (κ2) is 6.77. The van der Waals surface area contributed by atoms with Crippen molar-refractivity contribution in [1.82, 2.24) is 4.90 Å². The number of benzene rings is 1. The molecule has 2 aliphatic rings. The van der Waals surface area contributed by atoms with Crippen LogP contribution in [0.3, 0.4) is 0 Å². The zero-order valence-electron chi connectivity index (χ0n) is 18.3. The van der Waals surface area contributed by atoms with Gasteiger partial charge in [0, 0.05) is 17.5 Å². The molecule has 3 rings (SSSR count). The SMILES string of the molecule is CC(C)(C)N(CC1(c2ccc(B3OC(C)(C)C(C)(C)O3)cc2)CCC1)C(=O)O. The molecule has 1 aliphatic heterocycles. The summed E-state index contributed by atoms with van der Waals surface area (Å²) in [6.45, 7) is 14.6. The fourth-order valence-corrected chi connectivity index (χ4v) is 4.01. The largest absolute Gasteiger partial charge is 0.494 e. The number of rotatable bonds is 4. The summed E-state index contributed by atoms with van der Waals surface area (Å²) in [6, 6.07) is 8.39. The molecule has 1 aromatic carbocycles. The molecule has 5 nitrogen and oxygen atoms in total. The average Bonchev–Trinajstić information content (AvgIpc) is 2.73. The Morgan fingerprint density at radius 2 is 1.57 bits per heavy atom. The van der Waals surface area contributed by atoms with Gasteiger partial charge in [-0.25, -0.2) is 4.79 Å². The molecule has 6 heteroatoms. The number of nitrogens with zero attached hydrogens (tertiary/aromatic N) is 1. The monoisotopic (exact) mass is 387 g/mol. The molecule has 1 saturated heterocycles. The maximum Gasteiger partial charge on any atom is 0.494 e. The summed E-state index contributed by atoms with van der Waals surface area (Å²) in [7, 11) is -0.374. The van der Waals surface area contributed by atoms with Gasteiger partial charge < -0.3 is 19.3 Å². The maximum absolute atomic E-state index is 11.8. The molecule has 1 amide bonds. The van der Waals surface area contributed by atoms with Gasteiger partial charge in [0.05, 0.1) is 11.2 Å². The van der Waals surface area contributed by atoms with Crippen LogP contribution in [0.2, 0.25) is 0 Å². The molecule has 154 valence electrons. The minimum Gasteiger partial charge on any atom is -0.465 e. The minimum atomic E-state index is -0.854. The number of carboxylic acid groups (broad SMARTS) is 1. The van der Waals surface area contributed by atoms with Crippen LogP contribution in [-0.2, 0) is 14.7 Å². The van der Waals surface area contributed by atoms with E-state index in [2.05, 4.69) is 52.0 Å². The first kappa shape index (κ1) is 21.2. The molecular formula is C22H34BNO4. The summed E-state index contributed by atoms with van der Waals surface area (Å²) < 4.78 is 12.3. The van der Waals surface area contributed by atoms with Crippen molar-refractivity contribution in [3.8, 4) is 0 Å². The minimum absolute atomic E-state index is 0.0971. The van der Waals surface area contributed by atoms with Crippen LogP contribution in [0.4, 0.5) is 4.79 Å². The van der Waals surface area contributed by atoms with Crippen LogP contribution in [0.15, 0.2) is 24.3 Å². The van der Waals surface area contributed by atoms with Crippen LogP contribution in [0.5, 0.6) is 0 Å². The van der Waals surface area contributed by atoms with Crippen LogP contribution in [0, 0.1) is 0 Å². The van der Waals surface area contributed by atoms with E-state index in [0.29, 0.717) is 6.54 Å². The Labute approximate surface area is 169 Å². The predicted octanol–water partition coefficient (Wildman–Crippen LogP) is 4.19.